The number of nitrogens with one attached hydrogen (secondary N) is 1. The first-order valence-corrected chi connectivity index (χ1v) is 11.9. The first-order chi connectivity index (χ1) is 14.0. The van der Waals surface area contributed by atoms with Crippen molar-refractivity contribution in [3.63, 3.8) is 0 Å². The zero-order valence-electron chi connectivity index (χ0n) is 18.2. The predicted octanol–water partition coefficient (Wildman–Crippen LogP) is 6.06. The van der Waals surface area contributed by atoms with Crippen LogP contribution in [0.15, 0.2) is 24.3 Å². The molecule has 1 aromatic rings. The Bertz CT molecular complexity index is 627. The Morgan fingerprint density at radius 1 is 1.28 bits per heavy atom. The Balaban J connectivity index is 2.12. The Labute approximate surface area is 189 Å². The van der Waals surface area contributed by atoms with Gasteiger partial charge in [-0.15, -0.1) is 0 Å². The van der Waals surface area contributed by atoms with Gasteiger partial charge in [0.15, 0.2) is 0 Å². The summed E-state index contributed by atoms with van der Waals surface area (Å²) in [6.07, 6.45) is 5.06. The molecule has 2 rings (SSSR count). The molecule has 1 aromatic carbocycles. The molecule has 0 aromatic heterocycles. The summed E-state index contributed by atoms with van der Waals surface area (Å²) in [5.41, 5.74) is 1.03. The van der Waals surface area contributed by atoms with Crippen LogP contribution < -0.4 is 5.32 Å². The van der Waals surface area contributed by atoms with E-state index in [0.717, 1.165) is 41.2 Å². The van der Waals surface area contributed by atoms with E-state index in [-0.39, 0.29) is 31.1 Å². The van der Waals surface area contributed by atoms with Gasteiger partial charge in [0.05, 0.1) is 0 Å². The van der Waals surface area contributed by atoms with Gasteiger partial charge in [-0.3, -0.25) is 0 Å². The number of carbonyl (C=O) groups excluding carboxylic acids is 1. The highest BCUT2D eigenvalue weighted by Crippen LogP contribution is 2.34. The molecule has 0 radical (unpaired) electrons. The van der Waals surface area contributed by atoms with Crippen LogP contribution in [0.2, 0.25) is 0 Å². The lowest BCUT2D eigenvalue weighted by Gasteiger charge is -2.29. The average molecular weight is 517 g/mol. The van der Waals surface area contributed by atoms with Gasteiger partial charge in [-0.1, -0.05) is 51.8 Å². The molecule has 1 aliphatic rings. The van der Waals surface area contributed by atoms with Gasteiger partial charge in [0, 0.05) is 16.7 Å². The fourth-order valence-corrected chi connectivity index (χ4v) is 4.85. The monoisotopic (exact) mass is 517 g/mol. The Morgan fingerprint density at radius 2 is 2.03 bits per heavy atom. The van der Waals surface area contributed by atoms with Crippen molar-refractivity contribution < 1.29 is 19.0 Å². The summed E-state index contributed by atoms with van der Waals surface area (Å²) in [6, 6.07) is 8.25. The normalized spacial score (nSPS) is 23.6. The summed E-state index contributed by atoms with van der Waals surface area (Å²) >= 11 is 2.30. The highest BCUT2D eigenvalue weighted by Gasteiger charge is 2.34. The molecule has 5 atom stereocenters. The lowest BCUT2D eigenvalue weighted by Crippen LogP contribution is -2.40. The quantitative estimate of drug-likeness (QED) is 0.286. The topological polar surface area (TPSA) is 56.8 Å². The van der Waals surface area contributed by atoms with Gasteiger partial charge in [0.2, 0.25) is 0 Å². The molecular formula is C23H36INO4. The summed E-state index contributed by atoms with van der Waals surface area (Å²) in [6.45, 7) is 6.73. The van der Waals surface area contributed by atoms with Crippen molar-refractivity contribution in [2.24, 2.45) is 11.8 Å². The number of carbonyl (C=O) groups is 1. The molecule has 164 valence electrons. The van der Waals surface area contributed by atoms with E-state index in [1.807, 2.05) is 24.3 Å². The minimum Gasteiger partial charge on any atom is -0.443 e. The molecule has 1 aliphatic carbocycles. The van der Waals surface area contributed by atoms with Crippen LogP contribution in [0.25, 0.3) is 0 Å². The molecule has 0 aliphatic heterocycles. The molecule has 6 heteroatoms. The first-order valence-electron chi connectivity index (χ1n) is 10.8. The van der Waals surface area contributed by atoms with Crippen molar-refractivity contribution in [1.82, 2.24) is 5.32 Å². The second-order valence-corrected chi connectivity index (χ2v) is 9.24. The Kier molecular flexibility index (Phi) is 10.7. The summed E-state index contributed by atoms with van der Waals surface area (Å²) in [4.78, 5) is 12.8. The minimum atomic E-state index is -0.361. The van der Waals surface area contributed by atoms with Crippen molar-refractivity contribution in [2.75, 3.05) is 13.9 Å². The van der Waals surface area contributed by atoms with Crippen molar-refractivity contribution in [1.29, 1.82) is 0 Å². The minimum absolute atomic E-state index is 0.154. The standard InChI is InChI=1S/C23H36INO4/c1-5-7-12-21(22(28-15-27-4)18-10-8-9-11-19(18)24)29-23(26)25-20-14-17(6-2)13-16(20)3/h8-11,16-17,20-22H,5-7,12-15H2,1-4H3,(H,25,26)/t16?,17?,20?,21-,22-/m0/s1. The van der Waals surface area contributed by atoms with Crippen LogP contribution in [0, 0.1) is 15.4 Å². The molecular weight excluding hydrogens is 481 g/mol. The van der Waals surface area contributed by atoms with Crippen LogP contribution >= 0.6 is 22.6 Å². The number of unbranched alkanes of at least 4 members (excludes halogenated alkanes) is 1. The van der Waals surface area contributed by atoms with E-state index in [2.05, 4.69) is 48.7 Å². The molecule has 0 heterocycles. The number of hydrogen-bond acceptors (Lipinski definition) is 4. The molecule has 3 unspecified atom stereocenters. The Hall–Kier alpha value is -0.860. The van der Waals surface area contributed by atoms with Crippen molar-refractivity contribution >= 4 is 28.7 Å². The van der Waals surface area contributed by atoms with Gasteiger partial charge in [-0.2, -0.15) is 0 Å². The van der Waals surface area contributed by atoms with E-state index in [1.165, 1.54) is 6.42 Å². The number of halogens is 1. The van der Waals surface area contributed by atoms with Crippen LogP contribution in [-0.2, 0) is 14.2 Å². The first kappa shape index (κ1) is 24.4. The average Bonchev–Trinajstić information content (AvgIpc) is 3.06. The highest BCUT2D eigenvalue weighted by molar-refractivity contribution is 14.1. The maximum atomic E-state index is 12.8. The van der Waals surface area contributed by atoms with Gasteiger partial charge >= 0.3 is 6.09 Å². The SMILES string of the molecule is CCCC[C@H](OC(=O)NC1CC(CC)CC1C)[C@@H](OCOC)c1ccccc1I. The fourth-order valence-electron chi connectivity index (χ4n) is 4.16. The third-order valence-corrected chi connectivity index (χ3v) is 6.86. The number of ether oxygens (including phenoxy) is 3. The molecule has 29 heavy (non-hydrogen) atoms. The van der Waals surface area contributed by atoms with Crippen molar-refractivity contribution in [3.8, 4) is 0 Å². The third kappa shape index (κ3) is 7.40. The Morgan fingerprint density at radius 3 is 2.66 bits per heavy atom. The molecule has 0 saturated heterocycles. The van der Waals surface area contributed by atoms with Crippen LogP contribution in [0.4, 0.5) is 4.79 Å². The number of alkyl carbamates (subject to hydrolysis) is 1. The molecule has 0 bridgehead atoms. The van der Waals surface area contributed by atoms with E-state index in [1.54, 1.807) is 7.11 Å². The maximum absolute atomic E-state index is 12.8. The zero-order chi connectivity index (χ0) is 21.2. The highest BCUT2D eigenvalue weighted by atomic mass is 127. The predicted molar refractivity (Wildman–Crippen MR) is 124 cm³/mol. The van der Waals surface area contributed by atoms with E-state index in [9.17, 15) is 4.79 Å². The van der Waals surface area contributed by atoms with E-state index in [4.69, 9.17) is 14.2 Å². The summed E-state index contributed by atoms with van der Waals surface area (Å²) < 4.78 is 18.2. The van der Waals surface area contributed by atoms with Crippen LogP contribution in [0.3, 0.4) is 0 Å². The number of amides is 1. The molecule has 1 N–H and O–H groups in total. The largest absolute Gasteiger partial charge is 0.443 e. The molecule has 5 nitrogen and oxygen atoms in total. The lowest BCUT2D eigenvalue weighted by molar-refractivity contribution is -0.118. The number of hydrogen-bond donors (Lipinski definition) is 1. The van der Waals surface area contributed by atoms with Crippen LogP contribution in [-0.4, -0.2) is 32.1 Å². The van der Waals surface area contributed by atoms with Gasteiger partial charge in [-0.25, -0.2) is 4.79 Å². The lowest BCUT2D eigenvalue weighted by atomic mass is 10.00. The van der Waals surface area contributed by atoms with E-state index >= 15 is 0 Å². The van der Waals surface area contributed by atoms with Crippen LogP contribution in [0.1, 0.15) is 71.0 Å². The van der Waals surface area contributed by atoms with Gasteiger partial charge in [0.25, 0.3) is 0 Å². The van der Waals surface area contributed by atoms with Gasteiger partial charge < -0.3 is 19.5 Å². The zero-order valence-corrected chi connectivity index (χ0v) is 20.3. The van der Waals surface area contributed by atoms with E-state index < -0.39 is 0 Å². The number of methoxy groups -OCH3 is 1. The van der Waals surface area contributed by atoms with Gasteiger partial charge in [0.1, 0.15) is 19.0 Å². The third-order valence-electron chi connectivity index (χ3n) is 5.88. The van der Waals surface area contributed by atoms with Crippen molar-refractivity contribution in [3.05, 3.63) is 33.4 Å². The van der Waals surface area contributed by atoms with Crippen molar-refractivity contribution in [2.45, 2.75) is 77.5 Å². The summed E-state index contributed by atoms with van der Waals surface area (Å²) in [7, 11) is 1.60. The summed E-state index contributed by atoms with van der Waals surface area (Å²) in [5, 5.41) is 3.13. The smallest absolute Gasteiger partial charge is 0.407 e. The maximum Gasteiger partial charge on any atom is 0.407 e. The number of benzene rings is 1. The van der Waals surface area contributed by atoms with E-state index in [0.29, 0.717) is 11.8 Å². The molecule has 1 amide bonds. The molecule has 1 saturated carbocycles. The van der Waals surface area contributed by atoms with Gasteiger partial charge in [-0.05, 0) is 71.7 Å². The summed E-state index contributed by atoms with van der Waals surface area (Å²) in [5.74, 6) is 1.17. The second kappa shape index (κ2) is 12.7. The van der Waals surface area contributed by atoms with Crippen LogP contribution in [0.5, 0.6) is 0 Å². The molecule has 0 spiro atoms. The second-order valence-electron chi connectivity index (χ2n) is 8.08. The molecule has 1 fully saturated rings. The number of rotatable bonds is 11. The fraction of sp³-hybridized carbons (Fsp3) is 0.696.